The third kappa shape index (κ3) is 6.49. The highest BCUT2D eigenvalue weighted by Crippen LogP contribution is 2.37. The zero-order valence-corrected chi connectivity index (χ0v) is 18.4. The van der Waals surface area contributed by atoms with Crippen LogP contribution in [0.15, 0.2) is 54.6 Å². The fourth-order valence-corrected chi connectivity index (χ4v) is 3.75. The Morgan fingerprint density at radius 3 is 2.66 bits per heavy atom. The Kier molecular flexibility index (Phi) is 9.52. The fraction of sp³-hybridized carbons (Fsp3) is 0.348. The third-order valence-corrected chi connectivity index (χ3v) is 5.28. The predicted molar refractivity (Wildman–Crippen MR) is 125 cm³/mol. The first kappa shape index (κ1) is 23.3. The molecule has 0 fully saturated rings. The molecule has 1 amide bonds. The summed E-state index contributed by atoms with van der Waals surface area (Å²) in [6.45, 7) is 2.59. The van der Waals surface area contributed by atoms with Gasteiger partial charge in [0.25, 0.3) is 0 Å². The van der Waals surface area contributed by atoms with E-state index in [1.54, 1.807) is 13.1 Å². The standard InChI is InChI=1S/C23H28ClN3O.ClH/c1-25-23(28)9-6-15-26-14-4-5-16-27-21-8-3-2-7-18(21)10-11-19-12-13-20(24)17-22(19)27;/h2-3,6-9,12-13,17,26H,4-5,10-11,14-16H2,1H3,(H,25,28);1H/b9-6+;. The summed E-state index contributed by atoms with van der Waals surface area (Å²) in [5.74, 6) is -0.0704. The van der Waals surface area contributed by atoms with Crippen molar-refractivity contribution in [2.45, 2.75) is 25.7 Å². The highest BCUT2D eigenvalue weighted by molar-refractivity contribution is 6.30. The van der Waals surface area contributed by atoms with Crippen LogP contribution < -0.4 is 15.5 Å². The van der Waals surface area contributed by atoms with E-state index in [9.17, 15) is 4.79 Å². The molecule has 1 aliphatic heterocycles. The van der Waals surface area contributed by atoms with Crippen LogP contribution in [0.3, 0.4) is 0 Å². The van der Waals surface area contributed by atoms with Crippen molar-refractivity contribution in [1.82, 2.24) is 10.6 Å². The van der Waals surface area contributed by atoms with E-state index in [2.05, 4.69) is 51.9 Å². The second-order valence-electron chi connectivity index (χ2n) is 6.98. The third-order valence-electron chi connectivity index (χ3n) is 5.05. The van der Waals surface area contributed by atoms with Gasteiger partial charge in [-0.05, 0) is 61.6 Å². The van der Waals surface area contributed by atoms with Crippen molar-refractivity contribution in [1.29, 1.82) is 0 Å². The van der Waals surface area contributed by atoms with Crippen LogP contribution in [0.5, 0.6) is 0 Å². The number of halogens is 2. The SMILES string of the molecule is CNC(=O)/C=C/CNCCCCN1c2ccccc2CCc2ccc(Cl)cc21.Cl. The number of unbranched alkanes of at least 4 members (excludes halogenated alkanes) is 1. The Morgan fingerprint density at radius 2 is 1.86 bits per heavy atom. The number of hydrogen-bond donors (Lipinski definition) is 2. The van der Waals surface area contributed by atoms with E-state index in [1.165, 1.54) is 22.5 Å². The molecule has 0 atom stereocenters. The highest BCUT2D eigenvalue weighted by atomic mass is 35.5. The average Bonchev–Trinajstić information content (AvgIpc) is 2.86. The number of amides is 1. The van der Waals surface area contributed by atoms with Crippen molar-refractivity contribution in [2.75, 3.05) is 31.6 Å². The summed E-state index contributed by atoms with van der Waals surface area (Å²) in [6.07, 6.45) is 7.65. The van der Waals surface area contributed by atoms with Crippen LogP contribution in [-0.2, 0) is 17.6 Å². The minimum Gasteiger partial charge on any atom is -0.356 e. The van der Waals surface area contributed by atoms with Crippen LogP contribution in [0.25, 0.3) is 0 Å². The molecule has 2 N–H and O–H groups in total. The number of hydrogen-bond acceptors (Lipinski definition) is 3. The molecular formula is C23H29Cl2N3O. The quantitative estimate of drug-likeness (QED) is 0.469. The number of rotatable bonds is 8. The van der Waals surface area contributed by atoms with Gasteiger partial charge in [0, 0.05) is 42.6 Å². The maximum absolute atomic E-state index is 11.1. The molecule has 3 rings (SSSR count). The van der Waals surface area contributed by atoms with Crippen molar-refractivity contribution in [3.05, 3.63) is 70.8 Å². The first-order valence-electron chi connectivity index (χ1n) is 9.92. The molecule has 0 bridgehead atoms. The summed E-state index contributed by atoms with van der Waals surface area (Å²) in [7, 11) is 1.63. The van der Waals surface area contributed by atoms with E-state index in [-0.39, 0.29) is 18.3 Å². The number of anilines is 2. The van der Waals surface area contributed by atoms with Gasteiger partial charge in [0.1, 0.15) is 0 Å². The number of benzene rings is 2. The molecule has 1 heterocycles. The van der Waals surface area contributed by atoms with Crippen LogP contribution in [0, 0.1) is 0 Å². The van der Waals surface area contributed by atoms with Gasteiger partial charge in [-0.1, -0.05) is 41.9 Å². The first-order valence-corrected chi connectivity index (χ1v) is 10.3. The number of nitrogens with one attached hydrogen (secondary N) is 2. The molecule has 4 nitrogen and oxygen atoms in total. The Balaban J connectivity index is 0.00000300. The Morgan fingerprint density at radius 1 is 1.10 bits per heavy atom. The summed E-state index contributed by atoms with van der Waals surface area (Å²) in [4.78, 5) is 13.6. The maximum atomic E-state index is 11.1. The molecule has 0 radical (unpaired) electrons. The Hall–Kier alpha value is -2.01. The monoisotopic (exact) mass is 433 g/mol. The molecule has 0 aromatic heterocycles. The highest BCUT2D eigenvalue weighted by Gasteiger charge is 2.20. The number of carbonyl (C=O) groups excluding carboxylic acids is 1. The normalized spacial score (nSPS) is 12.7. The smallest absolute Gasteiger partial charge is 0.243 e. The molecule has 1 aliphatic rings. The van der Waals surface area contributed by atoms with Crippen LogP contribution in [0.4, 0.5) is 11.4 Å². The molecule has 0 spiro atoms. The molecule has 156 valence electrons. The molecule has 0 saturated heterocycles. The van der Waals surface area contributed by atoms with Crippen LogP contribution in [0.2, 0.25) is 5.02 Å². The summed E-state index contributed by atoms with van der Waals surface area (Å²) in [6, 6.07) is 14.9. The maximum Gasteiger partial charge on any atom is 0.243 e. The van der Waals surface area contributed by atoms with Gasteiger partial charge >= 0.3 is 0 Å². The van der Waals surface area contributed by atoms with Gasteiger partial charge in [-0.3, -0.25) is 4.79 Å². The second kappa shape index (κ2) is 11.9. The van der Waals surface area contributed by atoms with Gasteiger partial charge < -0.3 is 15.5 Å². The Bertz CT molecular complexity index is 839. The summed E-state index contributed by atoms with van der Waals surface area (Å²) in [5.41, 5.74) is 5.29. The van der Waals surface area contributed by atoms with Crippen molar-refractivity contribution >= 4 is 41.3 Å². The van der Waals surface area contributed by atoms with Gasteiger partial charge in [-0.15, -0.1) is 12.4 Å². The lowest BCUT2D eigenvalue weighted by molar-refractivity contribution is -0.116. The number of likely N-dealkylation sites (N-methyl/N-ethyl adjacent to an activating group) is 1. The van der Waals surface area contributed by atoms with E-state index < -0.39 is 0 Å². The summed E-state index contributed by atoms with van der Waals surface area (Å²) in [5, 5.41) is 6.71. The van der Waals surface area contributed by atoms with Crippen molar-refractivity contribution < 1.29 is 4.79 Å². The molecule has 0 saturated carbocycles. The van der Waals surface area contributed by atoms with Crippen LogP contribution in [0.1, 0.15) is 24.0 Å². The number of para-hydroxylation sites is 1. The van der Waals surface area contributed by atoms with Crippen molar-refractivity contribution in [3.63, 3.8) is 0 Å². The van der Waals surface area contributed by atoms with Gasteiger partial charge in [-0.2, -0.15) is 0 Å². The number of carbonyl (C=O) groups is 1. The lowest BCUT2D eigenvalue weighted by Gasteiger charge is -2.27. The summed E-state index contributed by atoms with van der Waals surface area (Å²) >= 11 is 6.32. The number of nitrogens with zero attached hydrogens (tertiary/aromatic N) is 1. The van der Waals surface area contributed by atoms with Gasteiger partial charge in [0.2, 0.25) is 5.91 Å². The largest absolute Gasteiger partial charge is 0.356 e. The predicted octanol–water partition coefficient (Wildman–Crippen LogP) is 4.67. The second-order valence-corrected chi connectivity index (χ2v) is 7.42. The minimum absolute atomic E-state index is 0. The van der Waals surface area contributed by atoms with E-state index in [0.717, 1.165) is 43.8 Å². The van der Waals surface area contributed by atoms with Crippen LogP contribution >= 0.6 is 24.0 Å². The van der Waals surface area contributed by atoms with Gasteiger partial charge in [0.05, 0.1) is 0 Å². The first-order chi connectivity index (χ1) is 13.7. The minimum atomic E-state index is -0.0704. The summed E-state index contributed by atoms with van der Waals surface area (Å²) < 4.78 is 0. The Labute approximate surface area is 184 Å². The zero-order valence-electron chi connectivity index (χ0n) is 16.8. The van der Waals surface area contributed by atoms with E-state index in [1.807, 2.05) is 12.1 Å². The fourth-order valence-electron chi connectivity index (χ4n) is 3.58. The number of aryl methyl sites for hydroxylation is 2. The van der Waals surface area contributed by atoms with Crippen molar-refractivity contribution in [2.24, 2.45) is 0 Å². The zero-order chi connectivity index (χ0) is 19.8. The number of fused-ring (bicyclic) bond motifs is 2. The lowest BCUT2D eigenvalue weighted by atomic mass is 10.0. The molecule has 0 unspecified atom stereocenters. The average molecular weight is 434 g/mol. The molecule has 2 aromatic rings. The topological polar surface area (TPSA) is 44.4 Å². The van der Waals surface area contributed by atoms with Gasteiger partial charge in [-0.25, -0.2) is 0 Å². The van der Waals surface area contributed by atoms with E-state index >= 15 is 0 Å². The van der Waals surface area contributed by atoms with Gasteiger partial charge in [0.15, 0.2) is 0 Å². The molecule has 2 aromatic carbocycles. The lowest BCUT2D eigenvalue weighted by Crippen LogP contribution is -2.22. The molecular weight excluding hydrogens is 405 g/mol. The molecule has 6 heteroatoms. The molecule has 0 aliphatic carbocycles. The van der Waals surface area contributed by atoms with Crippen LogP contribution in [-0.4, -0.2) is 32.6 Å². The van der Waals surface area contributed by atoms with E-state index in [4.69, 9.17) is 11.6 Å². The molecule has 29 heavy (non-hydrogen) atoms. The van der Waals surface area contributed by atoms with Crippen molar-refractivity contribution in [3.8, 4) is 0 Å². The van der Waals surface area contributed by atoms with E-state index in [0.29, 0.717) is 6.54 Å².